The molecular weight excluding hydrogens is 402 g/mol. The van der Waals surface area contributed by atoms with Crippen molar-refractivity contribution in [3.63, 3.8) is 0 Å². The summed E-state index contributed by atoms with van der Waals surface area (Å²) in [7, 11) is 0. The highest BCUT2D eigenvalue weighted by atomic mass is 35.5. The molecule has 6 nitrogen and oxygen atoms in total. The molecule has 0 atom stereocenters. The Morgan fingerprint density at radius 3 is 2.87 bits per heavy atom. The summed E-state index contributed by atoms with van der Waals surface area (Å²) < 4.78 is 10.9. The number of rotatable bonds is 5. The molecule has 2 heterocycles. The largest absolute Gasteiger partial charge is 0.462 e. The van der Waals surface area contributed by atoms with Gasteiger partial charge in [-0.05, 0) is 49.4 Å². The highest BCUT2D eigenvalue weighted by Gasteiger charge is 2.15. The van der Waals surface area contributed by atoms with Gasteiger partial charge in [0, 0.05) is 11.6 Å². The van der Waals surface area contributed by atoms with Crippen molar-refractivity contribution in [3.05, 3.63) is 76.8 Å². The zero-order valence-electron chi connectivity index (χ0n) is 16.0. The van der Waals surface area contributed by atoms with Gasteiger partial charge in [-0.15, -0.1) is 0 Å². The lowest BCUT2D eigenvalue weighted by atomic mass is 10.1. The zero-order valence-corrected chi connectivity index (χ0v) is 16.7. The van der Waals surface area contributed by atoms with E-state index in [1.807, 2.05) is 24.3 Å². The van der Waals surface area contributed by atoms with Crippen molar-refractivity contribution in [3.8, 4) is 17.4 Å². The number of allylic oxidation sites excluding steroid dienone is 1. The quantitative estimate of drug-likeness (QED) is 0.331. The summed E-state index contributed by atoms with van der Waals surface area (Å²) >= 11 is 6.12. The van der Waals surface area contributed by atoms with Crippen LogP contribution in [0.5, 0.6) is 0 Å². The Kier molecular flexibility index (Phi) is 5.38. The Hall–Kier alpha value is -3.82. The number of nitrogens with one attached hydrogen (secondary N) is 1. The van der Waals surface area contributed by atoms with Crippen LogP contribution in [0.3, 0.4) is 0 Å². The normalized spacial score (nSPS) is 11.4. The Morgan fingerprint density at radius 1 is 1.27 bits per heavy atom. The van der Waals surface area contributed by atoms with Crippen molar-refractivity contribution in [1.29, 1.82) is 5.26 Å². The molecule has 0 saturated carbocycles. The first-order valence-electron chi connectivity index (χ1n) is 9.23. The number of esters is 1. The van der Waals surface area contributed by atoms with Gasteiger partial charge in [0.1, 0.15) is 23.4 Å². The Bertz CT molecular complexity index is 1280. The maximum Gasteiger partial charge on any atom is 0.339 e. The average Bonchev–Trinajstić information content (AvgIpc) is 3.39. The van der Waals surface area contributed by atoms with E-state index >= 15 is 0 Å². The number of H-pyrrole nitrogens is 1. The van der Waals surface area contributed by atoms with Crippen LogP contribution in [0, 0.1) is 11.3 Å². The zero-order chi connectivity index (χ0) is 21.1. The number of aromatic amines is 1. The molecule has 0 bridgehead atoms. The molecule has 4 rings (SSSR count). The molecule has 7 heteroatoms. The molecule has 0 aliphatic carbocycles. The maximum atomic E-state index is 12.1. The third kappa shape index (κ3) is 3.84. The second-order valence-corrected chi connectivity index (χ2v) is 6.80. The van der Waals surface area contributed by atoms with Gasteiger partial charge in [0.15, 0.2) is 0 Å². The van der Waals surface area contributed by atoms with Crippen LogP contribution in [0.25, 0.3) is 34.0 Å². The van der Waals surface area contributed by atoms with Crippen LogP contribution in [0.1, 0.15) is 28.9 Å². The third-order valence-corrected chi connectivity index (χ3v) is 4.75. The Morgan fingerprint density at radius 2 is 2.10 bits per heavy atom. The molecule has 0 radical (unpaired) electrons. The van der Waals surface area contributed by atoms with Gasteiger partial charge in [0.25, 0.3) is 0 Å². The summed E-state index contributed by atoms with van der Waals surface area (Å²) in [5.74, 6) is 0.986. The smallest absolute Gasteiger partial charge is 0.339 e. The minimum Gasteiger partial charge on any atom is -0.462 e. The number of benzene rings is 2. The summed E-state index contributed by atoms with van der Waals surface area (Å²) in [6.07, 6.45) is 1.61. The number of carbonyl (C=O) groups excluding carboxylic acids is 1. The molecule has 1 N–H and O–H groups in total. The number of aromatic nitrogens is 2. The number of carbonyl (C=O) groups is 1. The lowest BCUT2D eigenvalue weighted by Crippen LogP contribution is -2.05. The molecule has 0 saturated heterocycles. The van der Waals surface area contributed by atoms with E-state index in [0.717, 1.165) is 11.0 Å². The van der Waals surface area contributed by atoms with Gasteiger partial charge in [-0.1, -0.05) is 23.7 Å². The van der Waals surface area contributed by atoms with Crippen molar-refractivity contribution in [2.45, 2.75) is 6.92 Å². The van der Waals surface area contributed by atoms with Gasteiger partial charge in [-0.2, -0.15) is 5.26 Å². The Labute approximate surface area is 177 Å². The summed E-state index contributed by atoms with van der Waals surface area (Å²) in [6.45, 7) is 1.99. The monoisotopic (exact) mass is 417 g/mol. The minimum absolute atomic E-state index is 0.258. The van der Waals surface area contributed by atoms with Gasteiger partial charge >= 0.3 is 5.97 Å². The van der Waals surface area contributed by atoms with E-state index in [1.54, 1.807) is 43.3 Å². The fraction of sp³-hybridized carbons (Fsp3) is 0.0870. The number of furan rings is 1. The molecule has 2 aromatic carbocycles. The first kappa shape index (κ1) is 19.5. The van der Waals surface area contributed by atoms with Crippen LogP contribution in [-0.2, 0) is 4.74 Å². The predicted octanol–water partition coefficient (Wildman–Crippen LogP) is 5.72. The van der Waals surface area contributed by atoms with Crippen LogP contribution in [-0.4, -0.2) is 22.5 Å². The summed E-state index contributed by atoms with van der Waals surface area (Å²) in [5.41, 5.74) is 2.91. The molecule has 0 amide bonds. The highest BCUT2D eigenvalue weighted by molar-refractivity contribution is 6.33. The lowest BCUT2D eigenvalue weighted by molar-refractivity contribution is 0.0526. The van der Waals surface area contributed by atoms with Crippen molar-refractivity contribution < 1.29 is 13.9 Å². The second-order valence-electron chi connectivity index (χ2n) is 6.39. The number of imidazole rings is 1. The summed E-state index contributed by atoms with van der Waals surface area (Å²) in [6, 6.07) is 18.2. The molecule has 0 aliphatic rings. The fourth-order valence-corrected chi connectivity index (χ4v) is 3.20. The van der Waals surface area contributed by atoms with Crippen molar-refractivity contribution >= 4 is 40.3 Å². The number of halogens is 1. The van der Waals surface area contributed by atoms with E-state index in [4.69, 9.17) is 20.8 Å². The van der Waals surface area contributed by atoms with Gasteiger partial charge < -0.3 is 14.1 Å². The SMILES string of the molecule is CCOC(=O)c1cc(-c2ccc(/C=C(\C#N)c3nc4ccccc4[nH]3)o2)ccc1Cl. The molecule has 0 fully saturated rings. The topological polar surface area (TPSA) is 91.9 Å². The van der Waals surface area contributed by atoms with E-state index in [1.165, 1.54) is 0 Å². The molecule has 0 spiro atoms. The first-order chi connectivity index (χ1) is 14.6. The van der Waals surface area contributed by atoms with Crippen LogP contribution >= 0.6 is 11.6 Å². The number of ether oxygens (including phenoxy) is 1. The standard InChI is InChI=1S/C23H16ClN3O3/c1-2-29-23(28)17-12-14(7-9-18(17)24)21-10-8-16(30-21)11-15(13-25)22-26-19-5-3-4-6-20(19)27-22/h3-12H,2H2,1H3,(H,26,27)/b15-11+. The van der Waals surface area contributed by atoms with E-state index in [-0.39, 0.29) is 12.2 Å². The lowest BCUT2D eigenvalue weighted by Gasteiger charge is -2.05. The van der Waals surface area contributed by atoms with Crippen molar-refractivity contribution in [1.82, 2.24) is 9.97 Å². The third-order valence-electron chi connectivity index (χ3n) is 4.42. The molecule has 0 aliphatic heterocycles. The molecule has 30 heavy (non-hydrogen) atoms. The van der Waals surface area contributed by atoms with Gasteiger partial charge in [-0.25, -0.2) is 9.78 Å². The van der Waals surface area contributed by atoms with Crippen molar-refractivity contribution in [2.75, 3.05) is 6.61 Å². The summed E-state index contributed by atoms with van der Waals surface area (Å²) in [5, 5.41) is 9.89. The average molecular weight is 418 g/mol. The second kappa shape index (κ2) is 8.27. The van der Waals surface area contributed by atoms with E-state index in [0.29, 0.717) is 33.5 Å². The molecule has 148 valence electrons. The van der Waals surface area contributed by atoms with Gasteiger partial charge in [0.05, 0.1) is 33.8 Å². The predicted molar refractivity (Wildman–Crippen MR) is 115 cm³/mol. The van der Waals surface area contributed by atoms with Gasteiger partial charge in [0.2, 0.25) is 0 Å². The number of hydrogen-bond acceptors (Lipinski definition) is 5. The van der Waals surface area contributed by atoms with Crippen LogP contribution in [0.2, 0.25) is 5.02 Å². The molecule has 4 aromatic rings. The molecule has 2 aromatic heterocycles. The molecule has 0 unspecified atom stereocenters. The minimum atomic E-state index is -0.493. The fourth-order valence-electron chi connectivity index (χ4n) is 3.01. The highest BCUT2D eigenvalue weighted by Crippen LogP contribution is 2.29. The number of nitriles is 1. The van der Waals surface area contributed by atoms with Crippen LogP contribution < -0.4 is 0 Å². The summed E-state index contributed by atoms with van der Waals surface area (Å²) in [4.78, 5) is 19.7. The maximum absolute atomic E-state index is 12.1. The first-order valence-corrected chi connectivity index (χ1v) is 9.60. The van der Waals surface area contributed by atoms with Crippen LogP contribution in [0.15, 0.2) is 59.0 Å². The van der Waals surface area contributed by atoms with E-state index in [9.17, 15) is 10.1 Å². The molecular formula is C23H16ClN3O3. The van der Waals surface area contributed by atoms with E-state index in [2.05, 4.69) is 16.0 Å². The van der Waals surface area contributed by atoms with Crippen molar-refractivity contribution in [2.24, 2.45) is 0 Å². The number of nitrogens with zero attached hydrogens (tertiary/aromatic N) is 2. The van der Waals surface area contributed by atoms with Gasteiger partial charge in [-0.3, -0.25) is 0 Å². The van der Waals surface area contributed by atoms with Crippen LogP contribution in [0.4, 0.5) is 0 Å². The Balaban J connectivity index is 1.66. The number of fused-ring (bicyclic) bond motifs is 1. The van der Waals surface area contributed by atoms with E-state index < -0.39 is 5.97 Å². The number of para-hydroxylation sites is 2. The number of hydrogen-bond donors (Lipinski definition) is 1.